The number of hydrogen-bond donors (Lipinski definition) is 3. The number of sulfonamides is 1. The maximum absolute atomic E-state index is 12.2. The Morgan fingerprint density at radius 2 is 2.14 bits per heavy atom. The number of aliphatic carboxylic acids is 1. The summed E-state index contributed by atoms with van der Waals surface area (Å²) < 4.78 is 25.4. The van der Waals surface area contributed by atoms with Crippen molar-refractivity contribution in [3.63, 3.8) is 0 Å². The number of nitrogens with one attached hydrogen (secondary N) is 2. The second-order valence-corrected chi connectivity index (χ2v) is 8.40. The molecular formula is C11H14N2O5S3. The Kier molecular flexibility index (Phi) is 4.61. The van der Waals surface area contributed by atoms with Crippen molar-refractivity contribution in [2.24, 2.45) is 0 Å². The molecule has 1 amide bonds. The first kappa shape index (κ1) is 16.3. The number of thiophene rings is 1. The molecule has 1 aromatic heterocycles. The summed E-state index contributed by atoms with van der Waals surface area (Å²) in [6.07, 6.45) is 0.353. The van der Waals surface area contributed by atoms with Crippen molar-refractivity contribution in [2.75, 3.05) is 18.6 Å². The molecule has 21 heavy (non-hydrogen) atoms. The number of thioether (sulfide) groups is 1. The minimum absolute atomic E-state index is 0.00896. The summed E-state index contributed by atoms with van der Waals surface area (Å²) in [6, 6.07) is 1.24. The number of hydrogen-bond acceptors (Lipinski definition) is 6. The summed E-state index contributed by atoms with van der Waals surface area (Å²) in [5.41, 5.74) is -1.27. The second kappa shape index (κ2) is 5.95. The predicted octanol–water partition coefficient (Wildman–Crippen LogP) is 0.346. The lowest BCUT2D eigenvalue weighted by molar-refractivity contribution is -0.143. The van der Waals surface area contributed by atoms with E-state index in [1.807, 2.05) is 0 Å². The molecule has 0 radical (unpaired) electrons. The quantitative estimate of drug-likeness (QED) is 0.706. The van der Waals surface area contributed by atoms with Crippen molar-refractivity contribution in [1.29, 1.82) is 0 Å². The summed E-state index contributed by atoms with van der Waals surface area (Å²) in [4.78, 5) is 23.7. The molecule has 1 atom stereocenters. The zero-order valence-electron chi connectivity index (χ0n) is 11.1. The normalized spacial score (nSPS) is 22.1. The molecule has 7 nitrogen and oxygen atoms in total. The van der Waals surface area contributed by atoms with Crippen molar-refractivity contribution < 1.29 is 23.1 Å². The molecule has 0 aliphatic carbocycles. The molecule has 2 heterocycles. The smallest absolute Gasteiger partial charge is 0.330 e. The zero-order chi connectivity index (χ0) is 15.7. The Hall–Kier alpha value is -1.10. The molecule has 1 aliphatic heterocycles. The molecule has 2 rings (SSSR count). The molecule has 1 aliphatic rings. The lowest BCUT2D eigenvalue weighted by atomic mass is 9.99. The largest absolute Gasteiger partial charge is 0.479 e. The fraction of sp³-hybridized carbons (Fsp3) is 0.455. The maximum atomic E-state index is 12.2. The third-order valence-corrected chi connectivity index (χ3v) is 6.82. The summed E-state index contributed by atoms with van der Waals surface area (Å²) in [7, 11) is -2.33. The van der Waals surface area contributed by atoms with E-state index in [0.717, 1.165) is 11.3 Å². The van der Waals surface area contributed by atoms with E-state index >= 15 is 0 Å². The Morgan fingerprint density at radius 1 is 1.43 bits per heavy atom. The summed E-state index contributed by atoms with van der Waals surface area (Å²) in [5.74, 6) is -0.666. The molecule has 1 unspecified atom stereocenters. The van der Waals surface area contributed by atoms with E-state index in [1.165, 1.54) is 30.3 Å². The average Bonchev–Trinajstić information content (AvgIpc) is 3.08. The molecule has 116 valence electrons. The lowest BCUT2D eigenvalue weighted by Crippen LogP contribution is -2.54. The highest BCUT2D eigenvalue weighted by Crippen LogP contribution is 2.29. The van der Waals surface area contributed by atoms with Crippen molar-refractivity contribution in [1.82, 2.24) is 10.0 Å². The van der Waals surface area contributed by atoms with Gasteiger partial charge in [0.2, 0.25) is 10.0 Å². The number of carboxylic acids is 1. The van der Waals surface area contributed by atoms with Crippen molar-refractivity contribution in [3.8, 4) is 0 Å². The first-order valence-corrected chi connectivity index (χ1v) is 9.48. The Labute approximate surface area is 130 Å². The summed E-state index contributed by atoms with van der Waals surface area (Å²) in [5, 5.41) is 13.2. The number of carboxylic acid groups (broad SMARTS) is 1. The van der Waals surface area contributed by atoms with E-state index in [9.17, 15) is 23.1 Å². The van der Waals surface area contributed by atoms with Gasteiger partial charge in [0.15, 0.2) is 0 Å². The molecule has 0 bridgehead atoms. The van der Waals surface area contributed by atoms with E-state index in [2.05, 4.69) is 10.0 Å². The molecule has 0 saturated carbocycles. The van der Waals surface area contributed by atoms with Crippen molar-refractivity contribution in [2.45, 2.75) is 16.9 Å². The monoisotopic (exact) mass is 350 g/mol. The second-order valence-electron chi connectivity index (χ2n) is 4.50. The molecule has 1 aromatic rings. The average molecular weight is 350 g/mol. The van der Waals surface area contributed by atoms with Gasteiger partial charge in [-0.15, -0.1) is 11.3 Å². The van der Waals surface area contributed by atoms with Gasteiger partial charge in [-0.3, -0.25) is 4.79 Å². The Bertz CT molecular complexity index is 661. The van der Waals surface area contributed by atoms with Crippen LogP contribution in [0.15, 0.2) is 16.3 Å². The van der Waals surface area contributed by atoms with E-state index in [0.29, 0.717) is 17.9 Å². The highest BCUT2D eigenvalue weighted by molar-refractivity contribution is 7.99. The van der Waals surface area contributed by atoms with Gasteiger partial charge < -0.3 is 10.4 Å². The Balaban J connectivity index is 2.20. The molecular weight excluding hydrogens is 336 g/mol. The standard InChI is InChI=1S/C11H14N2O5S3/c1-12-21(17,18)7-4-8(20-5-7)9(14)13-11(10(15)16)2-3-19-6-11/h4-5,12H,2-3,6H2,1H3,(H,13,14)(H,15,16). The number of carbonyl (C=O) groups excluding carboxylic acids is 1. The van der Waals surface area contributed by atoms with Crippen LogP contribution in [-0.2, 0) is 14.8 Å². The van der Waals surface area contributed by atoms with Crippen LogP contribution in [0.25, 0.3) is 0 Å². The van der Waals surface area contributed by atoms with Crippen LogP contribution in [-0.4, -0.2) is 49.5 Å². The Morgan fingerprint density at radius 3 is 2.67 bits per heavy atom. The van der Waals surface area contributed by atoms with Gasteiger partial charge in [0.05, 0.1) is 9.77 Å². The van der Waals surface area contributed by atoms with Gasteiger partial charge in [0.1, 0.15) is 5.54 Å². The third-order valence-electron chi connectivity index (χ3n) is 3.16. The van der Waals surface area contributed by atoms with Crippen molar-refractivity contribution >= 4 is 45.0 Å². The van der Waals surface area contributed by atoms with Crippen LogP contribution in [0.2, 0.25) is 0 Å². The van der Waals surface area contributed by atoms with Crippen LogP contribution < -0.4 is 10.0 Å². The van der Waals surface area contributed by atoms with Gasteiger partial charge in [-0.25, -0.2) is 17.9 Å². The van der Waals surface area contributed by atoms with Crippen LogP contribution in [0, 0.1) is 0 Å². The van der Waals surface area contributed by atoms with Crippen LogP contribution in [0.4, 0.5) is 0 Å². The fourth-order valence-corrected chi connectivity index (χ4v) is 5.09. The first-order chi connectivity index (χ1) is 9.81. The van der Waals surface area contributed by atoms with Crippen LogP contribution in [0.1, 0.15) is 16.1 Å². The highest BCUT2D eigenvalue weighted by Gasteiger charge is 2.43. The minimum Gasteiger partial charge on any atom is -0.479 e. The van der Waals surface area contributed by atoms with Crippen LogP contribution in [0.3, 0.4) is 0 Å². The van der Waals surface area contributed by atoms with E-state index in [1.54, 1.807) is 0 Å². The van der Waals surface area contributed by atoms with Gasteiger partial charge in [0.25, 0.3) is 5.91 Å². The minimum atomic E-state index is -3.61. The van der Waals surface area contributed by atoms with E-state index < -0.39 is 27.4 Å². The summed E-state index contributed by atoms with van der Waals surface area (Å²) >= 11 is 2.42. The van der Waals surface area contributed by atoms with Gasteiger partial charge >= 0.3 is 5.97 Å². The van der Waals surface area contributed by atoms with Crippen LogP contribution in [0.5, 0.6) is 0 Å². The topological polar surface area (TPSA) is 113 Å². The van der Waals surface area contributed by atoms with Gasteiger partial charge in [0, 0.05) is 11.1 Å². The van der Waals surface area contributed by atoms with Crippen LogP contribution >= 0.6 is 23.1 Å². The molecule has 1 fully saturated rings. The van der Waals surface area contributed by atoms with Gasteiger partial charge in [-0.05, 0) is 25.3 Å². The summed E-state index contributed by atoms with van der Waals surface area (Å²) in [6.45, 7) is 0. The molecule has 0 aromatic carbocycles. The molecule has 3 N–H and O–H groups in total. The fourth-order valence-electron chi connectivity index (χ4n) is 1.86. The van der Waals surface area contributed by atoms with Gasteiger partial charge in [-0.2, -0.15) is 11.8 Å². The predicted molar refractivity (Wildman–Crippen MR) is 80.3 cm³/mol. The SMILES string of the molecule is CNS(=O)(=O)c1csc(C(=O)NC2(C(=O)O)CCSC2)c1. The van der Waals surface area contributed by atoms with Gasteiger partial charge in [-0.1, -0.05) is 0 Å². The van der Waals surface area contributed by atoms with E-state index in [-0.39, 0.29) is 9.77 Å². The lowest BCUT2D eigenvalue weighted by Gasteiger charge is -2.24. The molecule has 10 heteroatoms. The first-order valence-electron chi connectivity index (χ1n) is 5.96. The van der Waals surface area contributed by atoms with E-state index in [4.69, 9.17) is 0 Å². The van der Waals surface area contributed by atoms with Crippen molar-refractivity contribution in [3.05, 3.63) is 16.3 Å². The maximum Gasteiger partial charge on any atom is 0.330 e. The number of carbonyl (C=O) groups is 2. The number of rotatable bonds is 5. The number of amides is 1. The highest BCUT2D eigenvalue weighted by atomic mass is 32.2. The zero-order valence-corrected chi connectivity index (χ0v) is 13.5. The molecule has 0 spiro atoms. The third kappa shape index (κ3) is 3.23. The molecule has 1 saturated heterocycles.